The normalized spacial score (nSPS) is 16.3. The van der Waals surface area contributed by atoms with Crippen LogP contribution in [0, 0.1) is 3.57 Å². The fourth-order valence-corrected chi connectivity index (χ4v) is 2.42. The van der Waals surface area contributed by atoms with Gasteiger partial charge in [-0.1, -0.05) is 0 Å². The molecule has 1 aromatic carbocycles. The zero-order valence-electron chi connectivity index (χ0n) is 8.91. The van der Waals surface area contributed by atoms with Gasteiger partial charge in [-0.3, -0.25) is 0 Å². The van der Waals surface area contributed by atoms with E-state index in [2.05, 4.69) is 22.6 Å². The summed E-state index contributed by atoms with van der Waals surface area (Å²) in [4.78, 5) is 11.9. The summed E-state index contributed by atoms with van der Waals surface area (Å²) < 4.78 is 6.40. The fourth-order valence-electron chi connectivity index (χ4n) is 1.93. The van der Waals surface area contributed by atoms with Gasteiger partial charge in [-0.05, 0) is 66.5 Å². The van der Waals surface area contributed by atoms with Gasteiger partial charge in [-0.25, -0.2) is 4.79 Å². The van der Waals surface area contributed by atoms with Crippen molar-refractivity contribution in [2.75, 3.05) is 5.73 Å². The van der Waals surface area contributed by atoms with Crippen molar-refractivity contribution < 1.29 is 9.53 Å². The molecule has 1 fully saturated rings. The van der Waals surface area contributed by atoms with Gasteiger partial charge >= 0.3 is 5.97 Å². The van der Waals surface area contributed by atoms with E-state index in [1.54, 1.807) is 12.1 Å². The number of nitrogens with two attached hydrogens (primary N) is 1. The number of carbonyl (C=O) groups is 1. The standard InChI is InChI=1S/C12H14INO2/c13-8-5-6-11(14)10(7-8)12(15)16-9-3-1-2-4-9/h5-7,9H,1-4,14H2. The Morgan fingerprint density at radius 1 is 1.38 bits per heavy atom. The van der Waals surface area contributed by atoms with Crippen LogP contribution in [-0.2, 0) is 4.74 Å². The number of halogens is 1. The molecule has 0 aromatic heterocycles. The number of esters is 1. The summed E-state index contributed by atoms with van der Waals surface area (Å²) in [5.41, 5.74) is 6.73. The predicted octanol–water partition coefficient (Wildman–Crippen LogP) is 2.97. The zero-order chi connectivity index (χ0) is 11.5. The van der Waals surface area contributed by atoms with E-state index in [0.29, 0.717) is 11.3 Å². The lowest BCUT2D eigenvalue weighted by Crippen LogP contribution is -2.16. The third kappa shape index (κ3) is 2.66. The van der Waals surface area contributed by atoms with Crippen LogP contribution in [0.25, 0.3) is 0 Å². The molecule has 86 valence electrons. The second kappa shape index (κ2) is 5.03. The number of hydrogen-bond acceptors (Lipinski definition) is 3. The minimum absolute atomic E-state index is 0.0877. The average Bonchev–Trinajstić information content (AvgIpc) is 2.74. The lowest BCUT2D eigenvalue weighted by atomic mass is 10.2. The number of nitrogen functional groups attached to an aromatic ring is 1. The molecule has 1 aliphatic carbocycles. The van der Waals surface area contributed by atoms with Crippen molar-refractivity contribution in [3.63, 3.8) is 0 Å². The van der Waals surface area contributed by atoms with Crippen molar-refractivity contribution in [2.45, 2.75) is 31.8 Å². The maximum atomic E-state index is 11.9. The van der Waals surface area contributed by atoms with Crippen molar-refractivity contribution in [3.8, 4) is 0 Å². The number of anilines is 1. The van der Waals surface area contributed by atoms with E-state index in [4.69, 9.17) is 10.5 Å². The maximum absolute atomic E-state index is 11.9. The van der Waals surface area contributed by atoms with Crippen molar-refractivity contribution in [1.82, 2.24) is 0 Å². The lowest BCUT2D eigenvalue weighted by Gasteiger charge is -2.12. The van der Waals surface area contributed by atoms with E-state index in [0.717, 1.165) is 29.3 Å². The third-order valence-corrected chi connectivity index (χ3v) is 3.48. The summed E-state index contributed by atoms with van der Waals surface area (Å²) in [5.74, 6) is -0.289. The largest absolute Gasteiger partial charge is 0.459 e. The Balaban J connectivity index is 2.10. The molecule has 0 radical (unpaired) electrons. The van der Waals surface area contributed by atoms with Crippen LogP contribution >= 0.6 is 22.6 Å². The molecule has 0 saturated heterocycles. The van der Waals surface area contributed by atoms with Gasteiger partial charge in [-0.15, -0.1) is 0 Å². The molecule has 0 unspecified atom stereocenters. The first-order valence-corrected chi connectivity index (χ1v) is 6.50. The summed E-state index contributed by atoms with van der Waals surface area (Å²) in [6, 6.07) is 5.39. The van der Waals surface area contributed by atoms with Gasteiger partial charge < -0.3 is 10.5 Å². The number of ether oxygens (including phenoxy) is 1. The molecule has 3 nitrogen and oxygen atoms in total. The van der Waals surface area contributed by atoms with Crippen LogP contribution in [0.3, 0.4) is 0 Å². The highest BCUT2D eigenvalue weighted by atomic mass is 127. The van der Waals surface area contributed by atoms with E-state index in [-0.39, 0.29) is 12.1 Å². The van der Waals surface area contributed by atoms with Crippen LogP contribution in [0.15, 0.2) is 18.2 Å². The smallest absolute Gasteiger partial charge is 0.340 e. The molecule has 1 saturated carbocycles. The van der Waals surface area contributed by atoms with Crippen molar-refractivity contribution in [1.29, 1.82) is 0 Å². The van der Waals surface area contributed by atoms with Gasteiger partial charge in [0.05, 0.1) is 5.56 Å². The third-order valence-electron chi connectivity index (χ3n) is 2.81. The Morgan fingerprint density at radius 3 is 2.75 bits per heavy atom. The van der Waals surface area contributed by atoms with E-state index in [1.165, 1.54) is 0 Å². The van der Waals surface area contributed by atoms with Crippen molar-refractivity contribution in [3.05, 3.63) is 27.3 Å². The molecule has 0 aliphatic heterocycles. The summed E-state index contributed by atoms with van der Waals surface area (Å²) in [6.07, 6.45) is 4.36. The molecule has 4 heteroatoms. The lowest BCUT2D eigenvalue weighted by molar-refractivity contribution is 0.0319. The predicted molar refractivity (Wildman–Crippen MR) is 71.2 cm³/mol. The molecule has 2 N–H and O–H groups in total. The van der Waals surface area contributed by atoms with E-state index < -0.39 is 0 Å². The molecular formula is C12H14INO2. The van der Waals surface area contributed by atoms with Gasteiger partial charge in [0, 0.05) is 9.26 Å². The average molecular weight is 331 g/mol. The highest BCUT2D eigenvalue weighted by Gasteiger charge is 2.21. The summed E-state index contributed by atoms with van der Waals surface area (Å²) in [7, 11) is 0. The SMILES string of the molecule is Nc1ccc(I)cc1C(=O)OC1CCCC1. The highest BCUT2D eigenvalue weighted by Crippen LogP contribution is 2.24. The Morgan fingerprint density at radius 2 is 2.06 bits per heavy atom. The van der Waals surface area contributed by atoms with Crippen LogP contribution in [0.4, 0.5) is 5.69 Å². The monoisotopic (exact) mass is 331 g/mol. The van der Waals surface area contributed by atoms with E-state index in [1.807, 2.05) is 6.07 Å². The minimum atomic E-state index is -0.289. The van der Waals surface area contributed by atoms with Crippen LogP contribution in [-0.4, -0.2) is 12.1 Å². The van der Waals surface area contributed by atoms with Crippen LogP contribution in [0.1, 0.15) is 36.0 Å². The summed E-state index contributed by atoms with van der Waals surface area (Å²) >= 11 is 2.16. The van der Waals surface area contributed by atoms with E-state index in [9.17, 15) is 4.79 Å². The Bertz CT molecular complexity index is 400. The quantitative estimate of drug-likeness (QED) is 0.515. The topological polar surface area (TPSA) is 52.3 Å². The van der Waals surface area contributed by atoms with Crippen molar-refractivity contribution in [2.24, 2.45) is 0 Å². The highest BCUT2D eigenvalue weighted by molar-refractivity contribution is 14.1. The number of rotatable bonds is 2. The molecule has 0 spiro atoms. The zero-order valence-corrected chi connectivity index (χ0v) is 11.1. The number of carbonyl (C=O) groups excluding carboxylic acids is 1. The molecule has 16 heavy (non-hydrogen) atoms. The Labute approximate surface area is 108 Å². The molecule has 0 atom stereocenters. The number of benzene rings is 1. The van der Waals surface area contributed by atoms with E-state index >= 15 is 0 Å². The molecular weight excluding hydrogens is 317 g/mol. The fraction of sp³-hybridized carbons (Fsp3) is 0.417. The van der Waals surface area contributed by atoms with Gasteiger partial charge in [0.25, 0.3) is 0 Å². The first-order chi connectivity index (χ1) is 7.66. The van der Waals surface area contributed by atoms with Crippen LogP contribution < -0.4 is 5.73 Å². The Hall–Kier alpha value is -0.780. The number of hydrogen-bond donors (Lipinski definition) is 1. The molecule has 1 aromatic rings. The van der Waals surface area contributed by atoms with Gasteiger partial charge in [0.1, 0.15) is 6.10 Å². The first-order valence-electron chi connectivity index (χ1n) is 5.43. The molecule has 1 aliphatic rings. The first kappa shape index (κ1) is 11.7. The van der Waals surface area contributed by atoms with Crippen LogP contribution in [0.2, 0.25) is 0 Å². The Kier molecular flexibility index (Phi) is 3.68. The molecule has 2 rings (SSSR count). The summed E-state index contributed by atoms with van der Waals surface area (Å²) in [6.45, 7) is 0. The van der Waals surface area contributed by atoms with Gasteiger partial charge in [0.15, 0.2) is 0 Å². The van der Waals surface area contributed by atoms with Gasteiger partial charge in [-0.2, -0.15) is 0 Å². The molecule has 0 heterocycles. The molecule has 0 amide bonds. The maximum Gasteiger partial charge on any atom is 0.340 e. The molecule has 0 bridgehead atoms. The van der Waals surface area contributed by atoms with Gasteiger partial charge in [0.2, 0.25) is 0 Å². The minimum Gasteiger partial charge on any atom is -0.459 e. The second-order valence-electron chi connectivity index (χ2n) is 4.04. The second-order valence-corrected chi connectivity index (χ2v) is 5.29. The van der Waals surface area contributed by atoms with Crippen molar-refractivity contribution >= 4 is 34.2 Å². The van der Waals surface area contributed by atoms with Crippen LogP contribution in [0.5, 0.6) is 0 Å². The summed E-state index contributed by atoms with van der Waals surface area (Å²) in [5, 5.41) is 0.